The van der Waals surface area contributed by atoms with Gasteiger partial charge >= 0.3 is 6.18 Å². The normalized spacial score (nSPS) is 17.8. The lowest BCUT2D eigenvalue weighted by atomic mass is 9.98. The van der Waals surface area contributed by atoms with E-state index >= 15 is 0 Å². The number of piperazine rings is 1. The summed E-state index contributed by atoms with van der Waals surface area (Å²) in [6.07, 6.45) is -1.02. The molecule has 0 saturated carbocycles. The first-order valence-electron chi connectivity index (χ1n) is 12.4. The lowest BCUT2D eigenvalue weighted by Gasteiger charge is -2.36. The van der Waals surface area contributed by atoms with E-state index in [9.17, 15) is 18.0 Å². The van der Waals surface area contributed by atoms with Crippen LogP contribution in [0.4, 0.5) is 24.5 Å². The number of nitrogens with one attached hydrogen (secondary N) is 1. The summed E-state index contributed by atoms with van der Waals surface area (Å²) in [5.41, 5.74) is 0.816. The molecule has 2 aromatic heterocycles. The van der Waals surface area contributed by atoms with E-state index in [0.717, 1.165) is 43.8 Å². The quantitative estimate of drug-likeness (QED) is 0.519. The van der Waals surface area contributed by atoms with Gasteiger partial charge in [0, 0.05) is 65.1 Å². The fourth-order valence-electron chi connectivity index (χ4n) is 4.87. The van der Waals surface area contributed by atoms with Gasteiger partial charge in [-0.25, -0.2) is 0 Å². The van der Waals surface area contributed by atoms with Crippen molar-refractivity contribution in [2.24, 2.45) is 7.05 Å². The highest BCUT2D eigenvalue weighted by Crippen LogP contribution is 2.36. The Morgan fingerprint density at radius 3 is 2.51 bits per heavy atom. The number of aryl methyl sites for hydroxylation is 1. The van der Waals surface area contributed by atoms with Crippen LogP contribution in [0.15, 0.2) is 47.0 Å². The van der Waals surface area contributed by atoms with Gasteiger partial charge in [0.05, 0.1) is 22.6 Å². The highest BCUT2D eigenvalue weighted by atomic mass is 19.4. The highest BCUT2D eigenvalue weighted by molar-refractivity contribution is 6.04. The zero-order chi connectivity index (χ0) is 26.0. The lowest BCUT2D eigenvalue weighted by molar-refractivity contribution is -0.137. The van der Waals surface area contributed by atoms with Gasteiger partial charge in [0.2, 0.25) is 0 Å². The third-order valence-electron chi connectivity index (χ3n) is 6.91. The van der Waals surface area contributed by atoms with Gasteiger partial charge < -0.3 is 19.4 Å². The van der Waals surface area contributed by atoms with E-state index in [2.05, 4.69) is 15.3 Å². The second-order valence-corrected chi connectivity index (χ2v) is 9.52. The van der Waals surface area contributed by atoms with E-state index < -0.39 is 17.6 Å². The number of carbonyl (C=O) groups is 1. The summed E-state index contributed by atoms with van der Waals surface area (Å²) in [5.74, 6) is 0.362. The summed E-state index contributed by atoms with van der Waals surface area (Å²) in [7, 11) is 1.87. The van der Waals surface area contributed by atoms with Crippen molar-refractivity contribution in [1.82, 2.24) is 14.7 Å². The predicted octanol–water partition coefficient (Wildman–Crippen LogP) is 4.50. The number of nitrogens with zero attached hydrogens (tertiary/aromatic N) is 4. The molecule has 5 rings (SSSR count). The second-order valence-electron chi connectivity index (χ2n) is 9.52. The summed E-state index contributed by atoms with van der Waals surface area (Å²) < 4.78 is 53.4. The molecule has 0 aliphatic carbocycles. The molecule has 1 N–H and O–H groups in total. The van der Waals surface area contributed by atoms with Crippen molar-refractivity contribution < 1.29 is 27.1 Å². The monoisotopic (exact) mass is 517 g/mol. The Balaban J connectivity index is 1.31. The van der Waals surface area contributed by atoms with Crippen molar-refractivity contribution >= 4 is 17.3 Å². The number of furan rings is 1. The number of hydrogen-bond donors (Lipinski definition) is 1. The molecular formula is C26H30F3N5O3. The molecular weight excluding hydrogens is 487 g/mol. The number of hydrogen-bond acceptors (Lipinski definition) is 6. The first-order valence-corrected chi connectivity index (χ1v) is 12.4. The van der Waals surface area contributed by atoms with Crippen molar-refractivity contribution in [3.05, 3.63) is 65.4 Å². The minimum atomic E-state index is -4.53. The van der Waals surface area contributed by atoms with E-state index in [1.807, 2.05) is 24.2 Å². The van der Waals surface area contributed by atoms with Crippen LogP contribution in [0.3, 0.4) is 0 Å². The predicted molar refractivity (Wildman–Crippen MR) is 132 cm³/mol. The van der Waals surface area contributed by atoms with Gasteiger partial charge in [-0.3, -0.25) is 14.4 Å². The molecule has 0 unspecified atom stereocenters. The Morgan fingerprint density at radius 2 is 1.84 bits per heavy atom. The van der Waals surface area contributed by atoms with Crippen LogP contribution in [-0.4, -0.2) is 60.0 Å². The molecule has 2 aliphatic rings. The standard InChI is InChI=1S/C26H30F3N5O3/c1-32-9-6-20(31-32)17-33-10-12-34(13-11-33)22-3-2-19(26(27,28)29)16-21(22)30-25(35)24-5-4-23(37-24)18-7-14-36-15-8-18/h2-6,9,16,18H,7-8,10-15,17H2,1H3,(H,30,35). The first kappa shape index (κ1) is 25.3. The van der Waals surface area contributed by atoms with Crippen LogP contribution in [0.25, 0.3) is 0 Å². The molecule has 4 heterocycles. The number of rotatable bonds is 6. The van der Waals surface area contributed by atoms with Crippen molar-refractivity contribution in [3.63, 3.8) is 0 Å². The molecule has 0 spiro atoms. The van der Waals surface area contributed by atoms with E-state index in [1.165, 1.54) is 6.07 Å². The molecule has 1 aromatic carbocycles. The van der Waals surface area contributed by atoms with Crippen LogP contribution in [0.5, 0.6) is 0 Å². The summed E-state index contributed by atoms with van der Waals surface area (Å²) >= 11 is 0. The fourth-order valence-corrected chi connectivity index (χ4v) is 4.87. The van der Waals surface area contributed by atoms with Gasteiger partial charge in [-0.1, -0.05) is 0 Å². The summed E-state index contributed by atoms with van der Waals surface area (Å²) in [4.78, 5) is 17.3. The molecule has 2 fully saturated rings. The number of carbonyl (C=O) groups excluding carboxylic acids is 1. The van der Waals surface area contributed by atoms with Crippen LogP contribution in [0.2, 0.25) is 0 Å². The molecule has 8 nitrogen and oxygen atoms in total. The molecule has 11 heteroatoms. The Labute approximate surface area is 213 Å². The number of amides is 1. The Hall–Kier alpha value is -3.31. The average Bonchev–Trinajstić information content (AvgIpc) is 3.54. The largest absolute Gasteiger partial charge is 0.456 e. The van der Waals surface area contributed by atoms with Gasteiger partial charge in [0.25, 0.3) is 5.91 Å². The smallest absolute Gasteiger partial charge is 0.416 e. The number of aromatic nitrogens is 2. The summed E-state index contributed by atoms with van der Waals surface area (Å²) in [6, 6.07) is 8.79. The summed E-state index contributed by atoms with van der Waals surface area (Å²) in [5, 5.41) is 7.10. The van der Waals surface area contributed by atoms with Crippen LogP contribution >= 0.6 is 0 Å². The van der Waals surface area contributed by atoms with Gasteiger partial charge in [-0.2, -0.15) is 18.3 Å². The number of ether oxygens (including phenoxy) is 1. The maximum Gasteiger partial charge on any atom is 0.416 e. The second kappa shape index (κ2) is 10.6. The fraction of sp³-hybridized carbons (Fsp3) is 0.462. The maximum atomic E-state index is 13.5. The highest BCUT2D eigenvalue weighted by Gasteiger charge is 2.32. The first-order chi connectivity index (χ1) is 17.8. The minimum Gasteiger partial charge on any atom is -0.456 e. The van der Waals surface area contributed by atoms with Crippen LogP contribution < -0.4 is 10.2 Å². The summed E-state index contributed by atoms with van der Waals surface area (Å²) in [6.45, 7) is 4.63. The van der Waals surface area contributed by atoms with E-state index in [1.54, 1.807) is 16.8 Å². The van der Waals surface area contributed by atoms with E-state index in [4.69, 9.17) is 9.15 Å². The number of benzene rings is 1. The minimum absolute atomic E-state index is 0.0741. The zero-order valence-electron chi connectivity index (χ0n) is 20.6. The van der Waals surface area contributed by atoms with Gasteiger partial charge in [-0.05, 0) is 49.2 Å². The van der Waals surface area contributed by atoms with Gasteiger partial charge in [0.15, 0.2) is 5.76 Å². The zero-order valence-corrected chi connectivity index (χ0v) is 20.6. The van der Waals surface area contributed by atoms with Crippen molar-refractivity contribution in [2.75, 3.05) is 49.6 Å². The van der Waals surface area contributed by atoms with Crippen LogP contribution in [0, 0.1) is 0 Å². The third-order valence-corrected chi connectivity index (χ3v) is 6.91. The molecule has 0 radical (unpaired) electrons. The molecule has 3 aromatic rings. The van der Waals surface area contributed by atoms with Crippen LogP contribution in [-0.2, 0) is 24.5 Å². The van der Waals surface area contributed by atoms with Crippen molar-refractivity contribution in [3.8, 4) is 0 Å². The number of alkyl halides is 3. The third kappa shape index (κ3) is 5.99. The number of halogens is 3. The number of anilines is 2. The van der Waals surface area contributed by atoms with Gasteiger partial charge in [0.1, 0.15) is 5.76 Å². The lowest BCUT2D eigenvalue weighted by Crippen LogP contribution is -2.46. The molecule has 2 saturated heterocycles. The Morgan fingerprint density at radius 1 is 1.08 bits per heavy atom. The molecule has 1 amide bonds. The Kier molecular flexibility index (Phi) is 7.25. The maximum absolute atomic E-state index is 13.5. The molecule has 37 heavy (non-hydrogen) atoms. The topological polar surface area (TPSA) is 75.8 Å². The molecule has 0 bridgehead atoms. The SMILES string of the molecule is Cn1ccc(CN2CCN(c3ccc(C(F)(F)F)cc3NC(=O)c3ccc(C4CCOCC4)o3)CC2)n1. The van der Waals surface area contributed by atoms with Crippen molar-refractivity contribution in [2.45, 2.75) is 31.5 Å². The Bertz CT molecular complexity index is 1220. The molecule has 198 valence electrons. The van der Waals surface area contributed by atoms with E-state index in [0.29, 0.717) is 44.3 Å². The van der Waals surface area contributed by atoms with Gasteiger partial charge in [-0.15, -0.1) is 0 Å². The molecule has 2 aliphatic heterocycles. The average molecular weight is 518 g/mol. The molecule has 0 atom stereocenters. The van der Waals surface area contributed by atoms with Crippen LogP contribution in [0.1, 0.15) is 46.3 Å². The van der Waals surface area contributed by atoms with Crippen molar-refractivity contribution in [1.29, 1.82) is 0 Å². The van der Waals surface area contributed by atoms with E-state index in [-0.39, 0.29) is 17.4 Å².